The molecule has 1 aromatic carbocycles. The van der Waals surface area contributed by atoms with E-state index in [9.17, 15) is 4.79 Å². The summed E-state index contributed by atoms with van der Waals surface area (Å²) in [5.74, 6) is 5.60. The number of thioether (sulfide) groups is 1. The van der Waals surface area contributed by atoms with Crippen LogP contribution in [0.1, 0.15) is 6.92 Å². The van der Waals surface area contributed by atoms with Gasteiger partial charge in [0.05, 0.1) is 17.9 Å². The summed E-state index contributed by atoms with van der Waals surface area (Å²) in [6.45, 7) is 2.15. The number of nitrogens with two attached hydrogens (primary N) is 1. The highest BCUT2D eigenvalue weighted by atomic mass is 32.2. The highest BCUT2D eigenvalue weighted by Crippen LogP contribution is 2.26. The SMILES string of the molecule is CCOC(=O)CSc1nc(NN)nc2ccccc12. The number of nitrogens with one attached hydrogen (secondary N) is 1. The molecule has 0 saturated carbocycles. The number of para-hydroxylation sites is 1. The largest absolute Gasteiger partial charge is 0.465 e. The fraction of sp³-hybridized carbons (Fsp3) is 0.250. The topological polar surface area (TPSA) is 90.1 Å². The molecule has 0 aliphatic rings. The van der Waals surface area contributed by atoms with Gasteiger partial charge in [0.1, 0.15) is 5.03 Å². The first-order chi connectivity index (χ1) is 9.24. The molecule has 0 aliphatic carbocycles. The molecular formula is C12H14N4O2S. The van der Waals surface area contributed by atoms with Gasteiger partial charge in [-0.2, -0.15) is 0 Å². The van der Waals surface area contributed by atoms with Crippen LogP contribution in [0.4, 0.5) is 5.95 Å². The summed E-state index contributed by atoms with van der Waals surface area (Å²) < 4.78 is 4.89. The van der Waals surface area contributed by atoms with Gasteiger partial charge in [0.25, 0.3) is 0 Å². The molecule has 2 aromatic rings. The Morgan fingerprint density at radius 1 is 1.42 bits per heavy atom. The molecule has 0 spiro atoms. The number of hydrazine groups is 1. The van der Waals surface area contributed by atoms with Crippen molar-refractivity contribution in [3.8, 4) is 0 Å². The number of rotatable bonds is 5. The number of nitrogens with zero attached hydrogens (tertiary/aromatic N) is 2. The van der Waals surface area contributed by atoms with Gasteiger partial charge in [-0.05, 0) is 13.0 Å². The maximum Gasteiger partial charge on any atom is 0.316 e. The molecule has 3 N–H and O–H groups in total. The van der Waals surface area contributed by atoms with E-state index in [1.54, 1.807) is 6.92 Å². The molecule has 0 aliphatic heterocycles. The maximum absolute atomic E-state index is 11.4. The second-order valence-electron chi connectivity index (χ2n) is 3.61. The van der Waals surface area contributed by atoms with E-state index >= 15 is 0 Å². The summed E-state index contributed by atoms with van der Waals surface area (Å²) in [5.41, 5.74) is 3.20. The summed E-state index contributed by atoms with van der Waals surface area (Å²) >= 11 is 1.31. The number of esters is 1. The van der Waals surface area contributed by atoms with Crippen molar-refractivity contribution in [3.05, 3.63) is 24.3 Å². The lowest BCUT2D eigenvalue weighted by Gasteiger charge is -2.07. The van der Waals surface area contributed by atoms with Gasteiger partial charge in [0.2, 0.25) is 5.95 Å². The first-order valence-electron chi connectivity index (χ1n) is 5.76. The van der Waals surface area contributed by atoms with Crippen molar-refractivity contribution in [3.63, 3.8) is 0 Å². The molecule has 0 saturated heterocycles. The highest BCUT2D eigenvalue weighted by Gasteiger charge is 2.10. The van der Waals surface area contributed by atoms with Crippen molar-refractivity contribution in [1.29, 1.82) is 0 Å². The Bertz CT molecular complexity index is 591. The first kappa shape index (κ1) is 13.6. The third-order valence-corrected chi connectivity index (χ3v) is 3.29. The average molecular weight is 278 g/mol. The van der Waals surface area contributed by atoms with Crippen LogP contribution in [-0.4, -0.2) is 28.3 Å². The van der Waals surface area contributed by atoms with Gasteiger partial charge in [0.15, 0.2) is 0 Å². The van der Waals surface area contributed by atoms with E-state index in [4.69, 9.17) is 10.6 Å². The third-order valence-electron chi connectivity index (χ3n) is 2.33. The molecule has 6 nitrogen and oxygen atoms in total. The zero-order chi connectivity index (χ0) is 13.7. The van der Waals surface area contributed by atoms with Crippen LogP contribution in [0, 0.1) is 0 Å². The second-order valence-corrected chi connectivity index (χ2v) is 4.57. The molecule has 0 radical (unpaired) electrons. The lowest BCUT2D eigenvalue weighted by atomic mass is 10.2. The quantitative estimate of drug-likeness (QED) is 0.282. The Kier molecular flexibility index (Phi) is 4.53. The van der Waals surface area contributed by atoms with E-state index in [2.05, 4.69) is 15.4 Å². The number of aromatic nitrogens is 2. The molecule has 0 fully saturated rings. The molecule has 19 heavy (non-hydrogen) atoms. The minimum Gasteiger partial charge on any atom is -0.465 e. The minimum absolute atomic E-state index is 0.207. The average Bonchev–Trinajstić information content (AvgIpc) is 2.44. The second kappa shape index (κ2) is 6.35. The van der Waals surface area contributed by atoms with Crippen LogP contribution in [0.5, 0.6) is 0 Å². The van der Waals surface area contributed by atoms with Gasteiger partial charge < -0.3 is 4.74 Å². The number of hydrogen-bond acceptors (Lipinski definition) is 7. The Labute approximate surface area is 114 Å². The lowest BCUT2D eigenvalue weighted by molar-refractivity contribution is -0.139. The van der Waals surface area contributed by atoms with Crippen molar-refractivity contribution in [2.75, 3.05) is 17.8 Å². The van der Waals surface area contributed by atoms with Crippen molar-refractivity contribution < 1.29 is 9.53 Å². The van der Waals surface area contributed by atoms with Crippen LogP contribution >= 0.6 is 11.8 Å². The summed E-state index contributed by atoms with van der Waals surface area (Å²) in [4.78, 5) is 19.9. The summed E-state index contributed by atoms with van der Waals surface area (Å²) in [5, 5.41) is 1.59. The van der Waals surface area contributed by atoms with Gasteiger partial charge in [0, 0.05) is 5.39 Å². The number of benzene rings is 1. The van der Waals surface area contributed by atoms with E-state index in [0.717, 1.165) is 10.9 Å². The third kappa shape index (κ3) is 3.33. The number of fused-ring (bicyclic) bond motifs is 1. The predicted octanol–water partition coefficient (Wildman–Crippen LogP) is 1.57. The molecular weight excluding hydrogens is 264 g/mol. The van der Waals surface area contributed by atoms with E-state index < -0.39 is 0 Å². The molecule has 2 rings (SSSR count). The van der Waals surface area contributed by atoms with E-state index in [1.165, 1.54) is 11.8 Å². The van der Waals surface area contributed by atoms with Crippen LogP contribution in [0.15, 0.2) is 29.3 Å². The minimum atomic E-state index is -0.266. The van der Waals surface area contributed by atoms with E-state index in [-0.39, 0.29) is 11.7 Å². The molecule has 0 amide bonds. The normalized spacial score (nSPS) is 10.4. The molecule has 0 atom stereocenters. The smallest absolute Gasteiger partial charge is 0.316 e. The molecule has 0 bridgehead atoms. The molecule has 7 heteroatoms. The number of hydrogen-bond donors (Lipinski definition) is 2. The highest BCUT2D eigenvalue weighted by molar-refractivity contribution is 8.00. The standard InChI is InChI=1S/C12H14N4O2S/c1-2-18-10(17)7-19-11-8-5-3-4-6-9(8)14-12(15-11)16-13/h3-6H,2,7,13H2,1H3,(H,14,15,16). The van der Waals surface area contributed by atoms with Crippen molar-refractivity contribution in [1.82, 2.24) is 9.97 Å². The maximum atomic E-state index is 11.4. The number of ether oxygens (including phenoxy) is 1. The van der Waals surface area contributed by atoms with Crippen LogP contribution < -0.4 is 11.3 Å². The van der Waals surface area contributed by atoms with Gasteiger partial charge in [-0.25, -0.2) is 15.8 Å². The predicted molar refractivity (Wildman–Crippen MR) is 74.7 cm³/mol. The van der Waals surface area contributed by atoms with Crippen LogP contribution in [0.2, 0.25) is 0 Å². The number of anilines is 1. The molecule has 0 unspecified atom stereocenters. The zero-order valence-corrected chi connectivity index (χ0v) is 11.2. The monoisotopic (exact) mass is 278 g/mol. The van der Waals surface area contributed by atoms with Crippen molar-refractivity contribution in [2.24, 2.45) is 5.84 Å². The first-order valence-corrected chi connectivity index (χ1v) is 6.75. The van der Waals surface area contributed by atoms with Gasteiger partial charge in [-0.3, -0.25) is 10.2 Å². The van der Waals surface area contributed by atoms with E-state index in [1.807, 2.05) is 24.3 Å². The Hall–Kier alpha value is -1.86. The Balaban J connectivity index is 2.27. The number of carbonyl (C=O) groups excluding carboxylic acids is 1. The van der Waals surface area contributed by atoms with E-state index in [0.29, 0.717) is 17.6 Å². The van der Waals surface area contributed by atoms with Crippen LogP contribution in [-0.2, 0) is 9.53 Å². The van der Waals surface area contributed by atoms with Gasteiger partial charge >= 0.3 is 5.97 Å². The van der Waals surface area contributed by atoms with Crippen LogP contribution in [0.3, 0.4) is 0 Å². The molecule has 100 valence electrons. The Morgan fingerprint density at radius 2 is 2.21 bits per heavy atom. The number of carbonyl (C=O) groups is 1. The number of nitrogen functional groups attached to an aromatic ring is 1. The summed E-state index contributed by atoms with van der Waals surface area (Å²) in [6.07, 6.45) is 0. The Morgan fingerprint density at radius 3 is 2.95 bits per heavy atom. The summed E-state index contributed by atoms with van der Waals surface area (Å²) in [6, 6.07) is 7.56. The van der Waals surface area contributed by atoms with Crippen molar-refractivity contribution >= 4 is 34.6 Å². The van der Waals surface area contributed by atoms with Crippen LogP contribution in [0.25, 0.3) is 10.9 Å². The zero-order valence-electron chi connectivity index (χ0n) is 10.4. The summed E-state index contributed by atoms with van der Waals surface area (Å²) in [7, 11) is 0. The van der Waals surface area contributed by atoms with Gasteiger partial charge in [-0.15, -0.1) is 0 Å². The van der Waals surface area contributed by atoms with Crippen molar-refractivity contribution in [2.45, 2.75) is 11.9 Å². The fourth-order valence-electron chi connectivity index (χ4n) is 1.55. The molecule has 1 aromatic heterocycles. The van der Waals surface area contributed by atoms with Gasteiger partial charge in [-0.1, -0.05) is 30.0 Å². The fourth-order valence-corrected chi connectivity index (χ4v) is 2.37. The molecule has 1 heterocycles. The lowest BCUT2D eigenvalue weighted by Crippen LogP contribution is -2.11.